The maximum Gasteiger partial charge on any atom is 0.314 e. The molecule has 4 nitrogen and oxygen atoms in total. The smallest absolute Gasteiger partial charge is 0.314 e. The fourth-order valence-electron chi connectivity index (χ4n) is 1.96. The molecule has 0 amide bonds. The second kappa shape index (κ2) is 6.98. The molecule has 0 spiro atoms. The third kappa shape index (κ3) is 4.02. The van der Waals surface area contributed by atoms with Crippen LogP contribution in [0.5, 0.6) is 0 Å². The molecule has 1 aromatic carbocycles. The molecule has 4 heteroatoms. The predicted octanol–water partition coefficient (Wildman–Crippen LogP) is 2.75. The summed E-state index contributed by atoms with van der Waals surface area (Å²) in [6, 6.07) is 6.81. The van der Waals surface area contributed by atoms with Crippen molar-refractivity contribution in [1.29, 1.82) is 0 Å². The number of benzene rings is 1. The summed E-state index contributed by atoms with van der Waals surface area (Å²) in [6.45, 7) is 5.32. The lowest BCUT2D eigenvalue weighted by Gasteiger charge is -2.11. The second-order valence-corrected chi connectivity index (χ2v) is 5.13. The molecule has 0 saturated carbocycles. The third-order valence-corrected chi connectivity index (χ3v) is 3.24. The largest absolute Gasteiger partial charge is 0.481 e. The molecule has 1 atom stereocenters. The van der Waals surface area contributed by atoms with E-state index in [2.05, 4.69) is 0 Å². The Hall–Kier alpha value is -1.97. The number of hydrogen-bond donors (Lipinski definition) is 1. The van der Waals surface area contributed by atoms with E-state index in [1.807, 2.05) is 13.8 Å². The number of carbonyl (C=O) groups is 3. The van der Waals surface area contributed by atoms with Gasteiger partial charge in [-0.3, -0.25) is 14.4 Å². The zero-order valence-electron chi connectivity index (χ0n) is 12.1. The van der Waals surface area contributed by atoms with E-state index in [1.54, 1.807) is 31.2 Å². The molecule has 1 unspecified atom stereocenters. The Morgan fingerprint density at radius 3 is 2.05 bits per heavy atom. The van der Waals surface area contributed by atoms with E-state index >= 15 is 0 Å². The Morgan fingerprint density at radius 2 is 1.65 bits per heavy atom. The van der Waals surface area contributed by atoms with Gasteiger partial charge in [-0.1, -0.05) is 45.0 Å². The number of hydrogen-bond acceptors (Lipinski definition) is 3. The van der Waals surface area contributed by atoms with Crippen LogP contribution in [-0.4, -0.2) is 22.6 Å². The third-order valence-electron chi connectivity index (χ3n) is 3.24. The molecule has 0 aromatic heterocycles. The quantitative estimate of drug-likeness (QED) is 0.614. The summed E-state index contributed by atoms with van der Waals surface area (Å²) in [7, 11) is 0. The highest BCUT2D eigenvalue weighted by Crippen LogP contribution is 2.15. The minimum absolute atomic E-state index is 0.0518. The average Bonchev–Trinajstić information content (AvgIpc) is 2.43. The summed E-state index contributed by atoms with van der Waals surface area (Å²) in [5.41, 5.74) is 1.36. The molecular formula is C16H20O4. The highest BCUT2D eigenvalue weighted by atomic mass is 16.4. The van der Waals surface area contributed by atoms with E-state index in [1.165, 1.54) is 0 Å². The molecule has 1 aromatic rings. The van der Waals surface area contributed by atoms with Gasteiger partial charge in [0.05, 0.1) is 0 Å². The van der Waals surface area contributed by atoms with Crippen molar-refractivity contribution in [2.24, 2.45) is 11.8 Å². The van der Waals surface area contributed by atoms with Gasteiger partial charge in [0.2, 0.25) is 0 Å². The van der Waals surface area contributed by atoms with Crippen molar-refractivity contribution in [2.75, 3.05) is 0 Å². The highest BCUT2D eigenvalue weighted by Gasteiger charge is 2.24. The number of aliphatic carboxylic acids is 1. The second-order valence-electron chi connectivity index (χ2n) is 5.13. The average molecular weight is 276 g/mol. The van der Waals surface area contributed by atoms with Crippen LogP contribution < -0.4 is 0 Å². The van der Waals surface area contributed by atoms with E-state index in [0.29, 0.717) is 5.56 Å². The maximum atomic E-state index is 11.8. The van der Waals surface area contributed by atoms with Crippen LogP contribution in [0, 0.1) is 11.8 Å². The van der Waals surface area contributed by atoms with Crippen molar-refractivity contribution in [3.05, 3.63) is 35.4 Å². The van der Waals surface area contributed by atoms with Crippen molar-refractivity contribution in [3.63, 3.8) is 0 Å². The van der Waals surface area contributed by atoms with E-state index in [0.717, 1.165) is 5.56 Å². The first kappa shape index (κ1) is 16.1. The van der Waals surface area contributed by atoms with Crippen molar-refractivity contribution in [2.45, 2.75) is 33.6 Å². The molecule has 1 N–H and O–H groups in total. The van der Waals surface area contributed by atoms with Gasteiger partial charge < -0.3 is 5.11 Å². The summed E-state index contributed by atoms with van der Waals surface area (Å²) in [5.74, 6) is -2.41. The minimum atomic E-state index is -1.10. The van der Waals surface area contributed by atoms with Crippen LogP contribution >= 0.6 is 0 Å². The normalized spacial score (nSPS) is 12.2. The first-order valence-electron chi connectivity index (χ1n) is 6.75. The predicted molar refractivity (Wildman–Crippen MR) is 75.7 cm³/mol. The van der Waals surface area contributed by atoms with Crippen molar-refractivity contribution >= 4 is 17.5 Å². The summed E-state index contributed by atoms with van der Waals surface area (Å²) >= 11 is 0. The van der Waals surface area contributed by atoms with Gasteiger partial charge in [-0.15, -0.1) is 0 Å². The van der Waals surface area contributed by atoms with Crippen LogP contribution in [-0.2, 0) is 16.0 Å². The van der Waals surface area contributed by atoms with E-state index in [9.17, 15) is 14.4 Å². The molecule has 0 bridgehead atoms. The molecule has 0 radical (unpaired) electrons. The van der Waals surface area contributed by atoms with Gasteiger partial charge >= 0.3 is 5.97 Å². The van der Waals surface area contributed by atoms with Crippen molar-refractivity contribution in [3.8, 4) is 0 Å². The molecule has 1 rings (SSSR count). The van der Waals surface area contributed by atoms with Gasteiger partial charge in [0.15, 0.2) is 5.78 Å². The first-order valence-corrected chi connectivity index (χ1v) is 6.75. The van der Waals surface area contributed by atoms with Crippen LogP contribution in [0.25, 0.3) is 0 Å². The lowest BCUT2D eigenvalue weighted by atomic mass is 9.92. The topological polar surface area (TPSA) is 71.4 Å². The number of ketones is 2. The molecule has 0 aliphatic heterocycles. The van der Waals surface area contributed by atoms with E-state index in [4.69, 9.17) is 5.11 Å². The monoisotopic (exact) mass is 276 g/mol. The summed E-state index contributed by atoms with van der Waals surface area (Å²) in [6.07, 6.45) is 0.374. The highest BCUT2D eigenvalue weighted by molar-refractivity contribution is 5.98. The van der Waals surface area contributed by atoms with Gasteiger partial charge in [0.1, 0.15) is 11.7 Å². The standard InChI is InChI=1S/C16H20O4/c1-4-14(17)13(16(19)20)9-11-5-7-12(8-6-11)15(18)10(2)3/h5-8,10,13H,4,9H2,1-3H3,(H,19,20). The fourth-order valence-corrected chi connectivity index (χ4v) is 1.96. The molecule has 0 saturated heterocycles. The van der Waals surface area contributed by atoms with Crippen molar-refractivity contribution in [1.82, 2.24) is 0 Å². The number of carbonyl (C=O) groups excluding carboxylic acids is 2. The summed E-state index contributed by atoms with van der Waals surface area (Å²) < 4.78 is 0. The molecule has 0 aliphatic rings. The lowest BCUT2D eigenvalue weighted by molar-refractivity contribution is -0.146. The Balaban J connectivity index is 2.86. The van der Waals surface area contributed by atoms with E-state index in [-0.39, 0.29) is 30.3 Å². The van der Waals surface area contributed by atoms with Crippen LogP contribution in [0.4, 0.5) is 0 Å². The summed E-state index contributed by atoms with van der Waals surface area (Å²) in [5, 5.41) is 9.08. The van der Waals surface area contributed by atoms with Gasteiger partial charge in [-0.05, 0) is 12.0 Å². The Bertz CT molecular complexity index is 500. The van der Waals surface area contributed by atoms with Gasteiger partial charge in [0, 0.05) is 17.9 Å². The molecule has 0 fully saturated rings. The zero-order chi connectivity index (χ0) is 15.3. The lowest BCUT2D eigenvalue weighted by Crippen LogP contribution is -2.25. The summed E-state index contributed by atoms with van der Waals surface area (Å²) in [4.78, 5) is 34.5. The Morgan fingerprint density at radius 1 is 1.10 bits per heavy atom. The van der Waals surface area contributed by atoms with Gasteiger partial charge in [-0.25, -0.2) is 0 Å². The number of Topliss-reactive ketones (excluding diaryl/α,β-unsaturated/α-hetero) is 2. The number of rotatable bonds is 7. The van der Waals surface area contributed by atoms with Gasteiger partial charge in [-0.2, -0.15) is 0 Å². The van der Waals surface area contributed by atoms with E-state index < -0.39 is 11.9 Å². The van der Waals surface area contributed by atoms with Crippen molar-refractivity contribution < 1.29 is 19.5 Å². The molecule has 0 aliphatic carbocycles. The fraction of sp³-hybridized carbons (Fsp3) is 0.438. The number of carboxylic acid groups (broad SMARTS) is 1. The van der Waals surface area contributed by atoms with Crippen LogP contribution in [0.3, 0.4) is 0 Å². The zero-order valence-corrected chi connectivity index (χ0v) is 12.1. The minimum Gasteiger partial charge on any atom is -0.481 e. The molecular weight excluding hydrogens is 256 g/mol. The Labute approximate surface area is 118 Å². The molecule has 0 heterocycles. The van der Waals surface area contributed by atoms with Crippen LogP contribution in [0.2, 0.25) is 0 Å². The molecule has 20 heavy (non-hydrogen) atoms. The van der Waals surface area contributed by atoms with Gasteiger partial charge in [0.25, 0.3) is 0 Å². The maximum absolute atomic E-state index is 11.8. The molecule has 108 valence electrons. The SMILES string of the molecule is CCC(=O)C(Cc1ccc(C(=O)C(C)C)cc1)C(=O)O. The number of carboxylic acids is 1. The van der Waals surface area contributed by atoms with Crippen LogP contribution in [0.1, 0.15) is 43.1 Å². The van der Waals surface area contributed by atoms with Crippen LogP contribution in [0.15, 0.2) is 24.3 Å². The Kier molecular flexibility index (Phi) is 5.62. The first-order chi connectivity index (χ1) is 9.36.